The largest absolute Gasteiger partial charge is 0.369 e. The molecule has 1 aliphatic rings. The summed E-state index contributed by atoms with van der Waals surface area (Å²) in [5.74, 6) is -0.617. The van der Waals surface area contributed by atoms with Gasteiger partial charge in [0.25, 0.3) is 5.91 Å². The van der Waals surface area contributed by atoms with Gasteiger partial charge in [0.05, 0.1) is 5.92 Å². The first-order valence-electron chi connectivity index (χ1n) is 6.02. The lowest BCUT2D eigenvalue weighted by atomic mass is 9.97. The number of primary amides is 1. The van der Waals surface area contributed by atoms with Gasteiger partial charge in [-0.3, -0.25) is 9.59 Å². The van der Waals surface area contributed by atoms with Crippen LogP contribution in [0.25, 0.3) is 0 Å². The molecular weight excluding hydrogens is 376 g/mol. The van der Waals surface area contributed by atoms with Crippen molar-refractivity contribution in [1.82, 2.24) is 4.90 Å². The summed E-state index contributed by atoms with van der Waals surface area (Å²) in [6.45, 7) is 1.09. The van der Waals surface area contributed by atoms with Crippen LogP contribution < -0.4 is 5.73 Å². The first-order valence-corrected chi connectivity index (χ1v) is 7.60. The van der Waals surface area contributed by atoms with Crippen molar-refractivity contribution in [2.75, 3.05) is 13.1 Å². The maximum atomic E-state index is 12.4. The average molecular weight is 390 g/mol. The van der Waals surface area contributed by atoms with Gasteiger partial charge in [0.2, 0.25) is 5.91 Å². The highest BCUT2D eigenvalue weighted by molar-refractivity contribution is 9.11. The number of carbonyl (C=O) groups is 2. The number of hydrogen-bond donors (Lipinski definition) is 1. The van der Waals surface area contributed by atoms with Gasteiger partial charge in [0.15, 0.2) is 0 Å². The molecule has 0 aromatic heterocycles. The Labute approximate surface area is 128 Å². The van der Waals surface area contributed by atoms with Crippen molar-refractivity contribution in [2.24, 2.45) is 11.7 Å². The maximum Gasteiger partial charge on any atom is 0.253 e. The van der Waals surface area contributed by atoms with E-state index in [9.17, 15) is 9.59 Å². The van der Waals surface area contributed by atoms with Crippen LogP contribution >= 0.6 is 31.9 Å². The van der Waals surface area contributed by atoms with E-state index >= 15 is 0 Å². The Morgan fingerprint density at radius 1 is 1.21 bits per heavy atom. The van der Waals surface area contributed by atoms with E-state index in [1.165, 1.54) is 0 Å². The fourth-order valence-electron chi connectivity index (χ4n) is 2.25. The molecule has 2 rings (SSSR count). The van der Waals surface area contributed by atoms with E-state index in [0.29, 0.717) is 18.7 Å². The fraction of sp³-hybridized carbons (Fsp3) is 0.385. The number of likely N-dealkylation sites (tertiary alicyclic amines) is 1. The predicted octanol–water partition coefficient (Wildman–Crippen LogP) is 2.55. The first-order chi connectivity index (χ1) is 8.97. The van der Waals surface area contributed by atoms with Gasteiger partial charge < -0.3 is 10.6 Å². The summed E-state index contributed by atoms with van der Waals surface area (Å²) in [7, 11) is 0. The van der Waals surface area contributed by atoms with E-state index in [0.717, 1.165) is 21.8 Å². The number of nitrogens with two attached hydrogens (primary N) is 1. The Morgan fingerprint density at radius 3 is 2.42 bits per heavy atom. The molecule has 1 aliphatic heterocycles. The van der Waals surface area contributed by atoms with Gasteiger partial charge in [-0.15, -0.1) is 0 Å². The number of amides is 2. The number of piperidine rings is 1. The van der Waals surface area contributed by atoms with E-state index in [4.69, 9.17) is 5.73 Å². The lowest BCUT2D eigenvalue weighted by molar-refractivity contribution is -0.123. The molecule has 1 saturated heterocycles. The molecule has 0 radical (unpaired) electrons. The second-order valence-electron chi connectivity index (χ2n) is 4.65. The molecule has 0 spiro atoms. The summed E-state index contributed by atoms with van der Waals surface area (Å²) in [6.07, 6.45) is 1.58. The molecule has 1 heterocycles. The number of hydrogen-bond acceptors (Lipinski definition) is 2. The highest BCUT2D eigenvalue weighted by atomic mass is 79.9. The van der Waals surface area contributed by atoms with E-state index in [2.05, 4.69) is 31.9 Å². The van der Waals surface area contributed by atoms with Crippen LogP contribution in [-0.2, 0) is 4.79 Å². The van der Waals surface area contributed by atoms with Crippen molar-refractivity contribution in [3.05, 3.63) is 32.7 Å². The second-order valence-corrected chi connectivity index (χ2v) is 6.48. The zero-order valence-electron chi connectivity index (χ0n) is 10.2. The average Bonchev–Trinajstić information content (AvgIpc) is 2.37. The van der Waals surface area contributed by atoms with Gasteiger partial charge in [0.1, 0.15) is 0 Å². The quantitative estimate of drug-likeness (QED) is 0.844. The molecule has 1 fully saturated rings. The molecule has 0 aliphatic carbocycles. The topological polar surface area (TPSA) is 63.4 Å². The zero-order chi connectivity index (χ0) is 14.0. The molecule has 1 unspecified atom stereocenters. The van der Waals surface area contributed by atoms with E-state index in [1.54, 1.807) is 17.0 Å². The zero-order valence-corrected chi connectivity index (χ0v) is 13.4. The number of benzene rings is 1. The third-order valence-electron chi connectivity index (χ3n) is 3.22. The normalized spacial score (nSPS) is 19.3. The summed E-state index contributed by atoms with van der Waals surface area (Å²) < 4.78 is 1.68. The van der Waals surface area contributed by atoms with Gasteiger partial charge >= 0.3 is 0 Å². The van der Waals surface area contributed by atoms with Crippen LogP contribution in [0.5, 0.6) is 0 Å². The lowest BCUT2D eigenvalue weighted by Gasteiger charge is -2.31. The minimum atomic E-state index is -0.326. The molecule has 19 heavy (non-hydrogen) atoms. The smallest absolute Gasteiger partial charge is 0.253 e. The number of rotatable bonds is 2. The number of halogens is 2. The molecule has 102 valence electrons. The summed E-state index contributed by atoms with van der Waals surface area (Å²) in [6, 6.07) is 5.43. The minimum Gasteiger partial charge on any atom is -0.369 e. The Kier molecular flexibility index (Phi) is 4.62. The molecule has 1 aromatic carbocycles. The monoisotopic (exact) mass is 388 g/mol. The SMILES string of the molecule is NC(=O)C1CCCN(C(=O)c2cc(Br)cc(Br)c2)C1. The molecule has 1 atom stereocenters. The lowest BCUT2D eigenvalue weighted by Crippen LogP contribution is -2.44. The van der Waals surface area contributed by atoms with E-state index in [1.807, 2.05) is 6.07 Å². The van der Waals surface area contributed by atoms with Crippen molar-refractivity contribution < 1.29 is 9.59 Å². The fourth-order valence-corrected chi connectivity index (χ4v) is 3.55. The van der Waals surface area contributed by atoms with Crippen LogP contribution in [0.1, 0.15) is 23.2 Å². The van der Waals surface area contributed by atoms with Gasteiger partial charge in [-0.2, -0.15) is 0 Å². The van der Waals surface area contributed by atoms with Crippen LogP contribution in [0.3, 0.4) is 0 Å². The van der Waals surface area contributed by atoms with Crippen LogP contribution in [0, 0.1) is 5.92 Å². The predicted molar refractivity (Wildman–Crippen MR) is 79.7 cm³/mol. The summed E-state index contributed by atoms with van der Waals surface area (Å²) >= 11 is 6.73. The van der Waals surface area contributed by atoms with Gasteiger partial charge in [-0.25, -0.2) is 0 Å². The van der Waals surface area contributed by atoms with Gasteiger partial charge in [-0.05, 0) is 31.0 Å². The van der Waals surface area contributed by atoms with Crippen LogP contribution in [0.4, 0.5) is 0 Å². The van der Waals surface area contributed by atoms with E-state index in [-0.39, 0.29) is 17.7 Å². The van der Waals surface area contributed by atoms with Crippen molar-refractivity contribution >= 4 is 43.7 Å². The first kappa shape index (κ1) is 14.5. The van der Waals surface area contributed by atoms with Crippen LogP contribution in [0.15, 0.2) is 27.1 Å². The summed E-state index contributed by atoms with van der Waals surface area (Å²) in [4.78, 5) is 25.3. The van der Waals surface area contributed by atoms with Crippen LogP contribution in [-0.4, -0.2) is 29.8 Å². The second kappa shape index (κ2) is 6.05. The third-order valence-corrected chi connectivity index (χ3v) is 4.14. The standard InChI is InChI=1S/C13H14Br2N2O2/c14-10-4-9(5-11(15)6-10)13(19)17-3-1-2-8(7-17)12(16)18/h4-6,8H,1-3,7H2,(H2,16,18). The summed E-state index contributed by atoms with van der Waals surface area (Å²) in [5.41, 5.74) is 5.93. The highest BCUT2D eigenvalue weighted by Gasteiger charge is 2.27. The van der Waals surface area contributed by atoms with Gasteiger partial charge in [0, 0.05) is 27.6 Å². The Hall–Kier alpha value is -0.880. The molecule has 0 bridgehead atoms. The Morgan fingerprint density at radius 2 is 1.84 bits per heavy atom. The number of nitrogens with zero attached hydrogens (tertiary/aromatic N) is 1. The Bertz CT molecular complexity index is 499. The van der Waals surface area contributed by atoms with Crippen molar-refractivity contribution in [3.8, 4) is 0 Å². The molecule has 6 heteroatoms. The molecule has 4 nitrogen and oxygen atoms in total. The van der Waals surface area contributed by atoms with Crippen molar-refractivity contribution in [3.63, 3.8) is 0 Å². The van der Waals surface area contributed by atoms with Crippen molar-refractivity contribution in [2.45, 2.75) is 12.8 Å². The Balaban J connectivity index is 2.16. The minimum absolute atomic E-state index is 0.0621. The molecule has 1 aromatic rings. The molecule has 2 N–H and O–H groups in total. The molecular formula is C13H14Br2N2O2. The van der Waals surface area contributed by atoms with Gasteiger partial charge in [-0.1, -0.05) is 31.9 Å². The molecule has 0 saturated carbocycles. The van der Waals surface area contributed by atoms with E-state index < -0.39 is 0 Å². The van der Waals surface area contributed by atoms with Crippen LogP contribution in [0.2, 0.25) is 0 Å². The highest BCUT2D eigenvalue weighted by Crippen LogP contribution is 2.23. The number of carbonyl (C=O) groups excluding carboxylic acids is 2. The van der Waals surface area contributed by atoms with Crippen molar-refractivity contribution in [1.29, 1.82) is 0 Å². The molecule has 2 amide bonds. The third kappa shape index (κ3) is 3.57. The summed E-state index contributed by atoms with van der Waals surface area (Å²) in [5, 5.41) is 0. The maximum absolute atomic E-state index is 12.4.